The quantitative estimate of drug-likeness (QED) is 0.742. The Morgan fingerprint density at radius 1 is 1.42 bits per heavy atom. The number of carbonyl (C=O) groups is 2. The van der Waals surface area contributed by atoms with Crippen LogP contribution in [0.3, 0.4) is 0 Å². The fourth-order valence-electron chi connectivity index (χ4n) is 2.05. The van der Waals surface area contributed by atoms with Crippen molar-refractivity contribution in [3.63, 3.8) is 0 Å². The van der Waals surface area contributed by atoms with Gasteiger partial charge in [0.15, 0.2) is 0 Å². The zero-order valence-electron chi connectivity index (χ0n) is 10.4. The van der Waals surface area contributed by atoms with Crippen LogP contribution in [0.25, 0.3) is 11.0 Å². The molecule has 2 rings (SSSR count). The van der Waals surface area contributed by atoms with Crippen LogP contribution in [0.15, 0.2) is 23.0 Å². The van der Waals surface area contributed by atoms with Crippen molar-refractivity contribution in [3.8, 4) is 0 Å². The monoisotopic (exact) mass is 263 g/mol. The maximum Gasteiger partial charge on any atom is 0.337 e. The number of aromatic carboxylic acids is 1. The summed E-state index contributed by atoms with van der Waals surface area (Å²) >= 11 is 0. The van der Waals surface area contributed by atoms with Crippen LogP contribution in [0.1, 0.15) is 23.3 Å². The second-order valence-electron chi connectivity index (χ2n) is 4.10. The van der Waals surface area contributed by atoms with Crippen molar-refractivity contribution < 1.29 is 14.7 Å². The van der Waals surface area contributed by atoms with Gasteiger partial charge >= 0.3 is 11.7 Å². The number of carboxylic acid groups (broad SMARTS) is 1. The highest BCUT2D eigenvalue weighted by Gasteiger charge is 2.22. The smallest absolute Gasteiger partial charge is 0.337 e. The van der Waals surface area contributed by atoms with Gasteiger partial charge in [-0.05, 0) is 19.1 Å². The molecule has 0 fully saturated rings. The van der Waals surface area contributed by atoms with Gasteiger partial charge in [0.1, 0.15) is 6.04 Å². The van der Waals surface area contributed by atoms with Crippen molar-refractivity contribution in [3.05, 3.63) is 34.2 Å². The topological polar surface area (TPSA) is 104 Å². The molecule has 3 N–H and O–H groups in total. The molecule has 0 aliphatic heterocycles. The molecular formula is C12H13N3O4. The number of nitrogens with one attached hydrogen (secondary N) is 2. The van der Waals surface area contributed by atoms with E-state index in [0.29, 0.717) is 5.52 Å². The van der Waals surface area contributed by atoms with Crippen LogP contribution in [-0.2, 0) is 4.79 Å². The second kappa shape index (κ2) is 4.60. The Labute approximate surface area is 107 Å². The maximum atomic E-state index is 11.9. The molecule has 1 heterocycles. The molecular weight excluding hydrogens is 250 g/mol. The lowest BCUT2D eigenvalue weighted by Gasteiger charge is -2.12. The third kappa shape index (κ3) is 1.99. The molecule has 1 aromatic heterocycles. The highest BCUT2D eigenvalue weighted by atomic mass is 16.4. The van der Waals surface area contributed by atoms with E-state index in [1.807, 2.05) is 0 Å². The van der Waals surface area contributed by atoms with E-state index in [9.17, 15) is 14.4 Å². The van der Waals surface area contributed by atoms with E-state index in [4.69, 9.17) is 5.11 Å². The number of benzene rings is 1. The third-order valence-corrected chi connectivity index (χ3v) is 2.98. The zero-order chi connectivity index (χ0) is 14.2. The van der Waals surface area contributed by atoms with Gasteiger partial charge in [-0.3, -0.25) is 9.36 Å². The molecule has 1 unspecified atom stereocenters. The summed E-state index contributed by atoms with van der Waals surface area (Å²) in [5.74, 6) is -1.52. The normalized spacial score (nSPS) is 12.3. The van der Waals surface area contributed by atoms with Gasteiger partial charge in [-0.1, -0.05) is 6.07 Å². The lowest BCUT2D eigenvalue weighted by molar-refractivity contribution is -0.123. The molecule has 7 heteroatoms. The summed E-state index contributed by atoms with van der Waals surface area (Å²) in [4.78, 5) is 37.3. The van der Waals surface area contributed by atoms with Crippen molar-refractivity contribution in [2.45, 2.75) is 13.0 Å². The summed E-state index contributed by atoms with van der Waals surface area (Å²) in [6.45, 7) is 1.53. The fourth-order valence-corrected chi connectivity index (χ4v) is 2.05. The first-order chi connectivity index (χ1) is 8.97. The molecule has 19 heavy (non-hydrogen) atoms. The number of hydrogen-bond donors (Lipinski definition) is 3. The summed E-state index contributed by atoms with van der Waals surface area (Å²) in [7, 11) is 1.46. The third-order valence-electron chi connectivity index (χ3n) is 2.98. The average molecular weight is 263 g/mol. The Balaban J connectivity index is 2.80. The van der Waals surface area contributed by atoms with Crippen LogP contribution in [0, 0.1) is 0 Å². The molecule has 0 bridgehead atoms. The number of likely N-dealkylation sites (N-methyl/N-ethyl adjacent to an activating group) is 1. The largest absolute Gasteiger partial charge is 0.478 e. The van der Waals surface area contributed by atoms with E-state index in [2.05, 4.69) is 10.3 Å². The fraction of sp³-hybridized carbons (Fsp3) is 0.250. The minimum atomic E-state index is -1.15. The maximum absolute atomic E-state index is 11.9. The first kappa shape index (κ1) is 12.9. The van der Waals surface area contributed by atoms with E-state index < -0.39 is 17.7 Å². The van der Waals surface area contributed by atoms with Gasteiger partial charge in [-0.2, -0.15) is 0 Å². The van der Waals surface area contributed by atoms with Crippen LogP contribution in [0.5, 0.6) is 0 Å². The zero-order valence-corrected chi connectivity index (χ0v) is 10.4. The molecule has 1 atom stereocenters. The second-order valence-corrected chi connectivity index (χ2v) is 4.10. The number of carbonyl (C=O) groups excluding carboxylic acids is 1. The van der Waals surface area contributed by atoms with Crippen LogP contribution >= 0.6 is 0 Å². The van der Waals surface area contributed by atoms with Crippen LogP contribution in [0.4, 0.5) is 0 Å². The summed E-state index contributed by atoms with van der Waals surface area (Å²) in [5, 5.41) is 11.6. The minimum absolute atomic E-state index is 0.0217. The summed E-state index contributed by atoms with van der Waals surface area (Å²) < 4.78 is 1.15. The molecule has 0 saturated carbocycles. The number of fused-ring (bicyclic) bond motifs is 1. The number of nitrogens with zero attached hydrogens (tertiary/aromatic N) is 1. The number of imidazole rings is 1. The molecule has 1 amide bonds. The van der Waals surface area contributed by atoms with Crippen molar-refractivity contribution >= 4 is 22.9 Å². The van der Waals surface area contributed by atoms with Gasteiger partial charge in [0.05, 0.1) is 16.6 Å². The van der Waals surface area contributed by atoms with Gasteiger partial charge in [0, 0.05) is 7.05 Å². The van der Waals surface area contributed by atoms with E-state index in [0.717, 1.165) is 4.57 Å². The van der Waals surface area contributed by atoms with E-state index in [1.54, 1.807) is 6.07 Å². The molecule has 0 radical (unpaired) electrons. The van der Waals surface area contributed by atoms with E-state index in [1.165, 1.54) is 26.1 Å². The van der Waals surface area contributed by atoms with Crippen LogP contribution in [-0.4, -0.2) is 33.6 Å². The predicted molar refractivity (Wildman–Crippen MR) is 68.3 cm³/mol. The number of rotatable bonds is 3. The minimum Gasteiger partial charge on any atom is -0.478 e. The standard InChI is InChI=1S/C12H13N3O4/c1-6(10(16)13-2)15-9-7(11(17)18)4-3-5-8(9)14-12(15)19/h3-6H,1-2H3,(H,13,16)(H,14,19)(H,17,18). The predicted octanol–water partition coefficient (Wildman–Crippen LogP) is 0.335. The molecule has 7 nitrogen and oxygen atoms in total. The summed E-state index contributed by atoms with van der Waals surface area (Å²) in [6.07, 6.45) is 0. The van der Waals surface area contributed by atoms with Gasteiger partial charge in [-0.15, -0.1) is 0 Å². The first-order valence-corrected chi connectivity index (χ1v) is 5.65. The summed E-state index contributed by atoms with van der Waals surface area (Å²) in [5.41, 5.74) is 0.0724. The average Bonchev–Trinajstić information content (AvgIpc) is 2.72. The number of H-pyrrole nitrogens is 1. The molecule has 1 aromatic carbocycles. The van der Waals surface area contributed by atoms with Crippen LogP contribution < -0.4 is 11.0 Å². The molecule has 100 valence electrons. The molecule has 2 aromatic rings. The van der Waals surface area contributed by atoms with E-state index in [-0.39, 0.29) is 17.0 Å². The Bertz CT molecular complexity index is 713. The number of hydrogen-bond acceptors (Lipinski definition) is 3. The Kier molecular flexibility index (Phi) is 3.12. The highest BCUT2D eigenvalue weighted by Crippen LogP contribution is 2.19. The van der Waals surface area contributed by atoms with Crippen molar-refractivity contribution in [2.75, 3.05) is 7.05 Å². The van der Waals surface area contributed by atoms with Crippen LogP contribution in [0.2, 0.25) is 0 Å². The van der Waals surface area contributed by atoms with Crippen molar-refractivity contribution in [1.29, 1.82) is 0 Å². The molecule has 0 spiro atoms. The molecule has 0 saturated heterocycles. The highest BCUT2D eigenvalue weighted by molar-refractivity contribution is 6.01. The number of carboxylic acids is 1. The SMILES string of the molecule is CNC(=O)C(C)n1c(=O)[nH]c2cccc(C(=O)O)c21. The lowest BCUT2D eigenvalue weighted by atomic mass is 10.1. The molecule has 0 aliphatic rings. The number of aromatic nitrogens is 2. The van der Waals surface area contributed by atoms with Crippen molar-refractivity contribution in [1.82, 2.24) is 14.9 Å². The van der Waals surface area contributed by atoms with Crippen molar-refractivity contribution in [2.24, 2.45) is 0 Å². The van der Waals surface area contributed by atoms with Gasteiger partial charge in [-0.25, -0.2) is 9.59 Å². The van der Waals surface area contributed by atoms with Gasteiger partial charge in [0.2, 0.25) is 5.91 Å². The lowest BCUT2D eigenvalue weighted by Crippen LogP contribution is -2.33. The number of para-hydroxylation sites is 1. The molecule has 0 aliphatic carbocycles. The number of amides is 1. The Morgan fingerprint density at radius 2 is 2.11 bits per heavy atom. The first-order valence-electron chi connectivity index (χ1n) is 5.65. The Hall–Kier alpha value is -2.57. The van der Waals surface area contributed by atoms with Gasteiger partial charge < -0.3 is 15.4 Å². The summed E-state index contributed by atoms with van der Waals surface area (Å²) in [6, 6.07) is 3.73. The van der Waals surface area contributed by atoms with Gasteiger partial charge in [0.25, 0.3) is 0 Å². The number of aromatic amines is 1. The Morgan fingerprint density at radius 3 is 2.68 bits per heavy atom. The van der Waals surface area contributed by atoms with E-state index >= 15 is 0 Å².